The molecule has 0 aromatic heterocycles. The van der Waals surface area contributed by atoms with E-state index in [1.165, 1.54) is 0 Å². The fourth-order valence-corrected chi connectivity index (χ4v) is 1.93. The molecule has 0 saturated heterocycles. The molecule has 3 N–H and O–H groups in total. The summed E-state index contributed by atoms with van der Waals surface area (Å²) in [7, 11) is -3.48. The molecule has 0 bridgehead atoms. The van der Waals surface area contributed by atoms with E-state index in [0.717, 1.165) is 0 Å². The van der Waals surface area contributed by atoms with Crippen LogP contribution in [-0.2, 0) is 10.2 Å². The first kappa shape index (κ1) is 13.8. The molecular weight excluding hydrogens is 204 g/mol. The van der Waals surface area contributed by atoms with E-state index in [-0.39, 0.29) is 12.6 Å². The Balaban J connectivity index is 4.13. The zero-order valence-corrected chi connectivity index (χ0v) is 9.98. The number of hydrogen-bond donors (Lipinski definition) is 3. The Labute approximate surface area is 86.1 Å². The first-order valence-corrected chi connectivity index (χ1v) is 6.16. The van der Waals surface area contributed by atoms with E-state index in [0.29, 0.717) is 6.42 Å². The number of aliphatic hydroxyl groups is 1. The third kappa shape index (κ3) is 6.31. The van der Waals surface area contributed by atoms with Crippen LogP contribution in [0.25, 0.3) is 0 Å². The number of hydrogen-bond acceptors (Lipinski definition) is 3. The Morgan fingerprint density at radius 2 is 1.93 bits per heavy atom. The highest BCUT2D eigenvalue weighted by Crippen LogP contribution is 2.06. The fraction of sp³-hybridized carbons (Fsp3) is 1.00. The molecular formula is C8H20N2O3S. The molecule has 0 spiro atoms. The van der Waals surface area contributed by atoms with Gasteiger partial charge in [-0.15, -0.1) is 0 Å². The maximum absolute atomic E-state index is 11.3. The van der Waals surface area contributed by atoms with Crippen LogP contribution in [0.4, 0.5) is 0 Å². The zero-order valence-electron chi connectivity index (χ0n) is 9.16. The van der Waals surface area contributed by atoms with Crippen LogP contribution >= 0.6 is 0 Å². The van der Waals surface area contributed by atoms with Crippen molar-refractivity contribution in [2.45, 2.75) is 45.8 Å². The van der Waals surface area contributed by atoms with Gasteiger partial charge in [0.15, 0.2) is 0 Å². The van der Waals surface area contributed by atoms with Crippen molar-refractivity contribution < 1.29 is 13.5 Å². The Kier molecular flexibility index (Phi) is 5.00. The lowest BCUT2D eigenvalue weighted by atomic mass is 10.1. The molecule has 0 rings (SSSR count). The maximum Gasteiger partial charge on any atom is 0.277 e. The predicted octanol–water partition coefficient (Wildman–Crippen LogP) is -0.0202. The highest BCUT2D eigenvalue weighted by Gasteiger charge is 2.21. The molecule has 0 fully saturated rings. The van der Waals surface area contributed by atoms with Crippen LogP contribution in [0, 0.1) is 0 Å². The summed E-state index contributed by atoms with van der Waals surface area (Å²) in [5.74, 6) is 0. The van der Waals surface area contributed by atoms with Crippen molar-refractivity contribution in [3.63, 3.8) is 0 Å². The maximum atomic E-state index is 11.3. The van der Waals surface area contributed by atoms with Crippen molar-refractivity contribution in [3.05, 3.63) is 0 Å². The summed E-state index contributed by atoms with van der Waals surface area (Å²) >= 11 is 0. The average Bonchev–Trinajstić information content (AvgIpc) is 1.99. The molecule has 0 radical (unpaired) electrons. The van der Waals surface area contributed by atoms with Crippen molar-refractivity contribution in [2.75, 3.05) is 6.54 Å². The third-order valence-electron chi connectivity index (χ3n) is 1.80. The highest BCUT2D eigenvalue weighted by molar-refractivity contribution is 7.87. The molecule has 86 valence electrons. The molecule has 1 unspecified atom stereocenters. The molecule has 6 heteroatoms. The molecule has 1 atom stereocenters. The minimum Gasteiger partial charge on any atom is -0.389 e. The first-order chi connectivity index (χ1) is 6.18. The monoisotopic (exact) mass is 224 g/mol. The SMILES string of the molecule is CCC(C)(O)CNS(=O)(=O)NC(C)C. The molecule has 0 aliphatic heterocycles. The lowest BCUT2D eigenvalue weighted by Crippen LogP contribution is -2.46. The zero-order chi connectivity index (χ0) is 11.4. The van der Waals surface area contributed by atoms with E-state index >= 15 is 0 Å². The van der Waals surface area contributed by atoms with Gasteiger partial charge >= 0.3 is 0 Å². The molecule has 0 amide bonds. The first-order valence-electron chi connectivity index (χ1n) is 4.68. The van der Waals surface area contributed by atoms with Crippen LogP contribution in [-0.4, -0.2) is 31.7 Å². The van der Waals surface area contributed by atoms with E-state index < -0.39 is 15.8 Å². The normalized spacial score (nSPS) is 17.0. The molecule has 0 aliphatic rings. The summed E-state index contributed by atoms with van der Waals surface area (Å²) in [4.78, 5) is 0. The minimum absolute atomic E-state index is 0.0194. The van der Waals surface area contributed by atoms with E-state index in [2.05, 4.69) is 9.44 Å². The summed E-state index contributed by atoms with van der Waals surface area (Å²) in [6.45, 7) is 6.87. The summed E-state index contributed by atoms with van der Waals surface area (Å²) < 4.78 is 27.2. The van der Waals surface area contributed by atoms with E-state index in [1.807, 2.05) is 0 Å². The molecule has 0 aromatic carbocycles. The largest absolute Gasteiger partial charge is 0.389 e. The summed E-state index contributed by atoms with van der Waals surface area (Å²) in [5.41, 5.74) is -0.994. The Morgan fingerprint density at radius 1 is 1.43 bits per heavy atom. The number of nitrogens with one attached hydrogen (secondary N) is 2. The Morgan fingerprint density at radius 3 is 2.29 bits per heavy atom. The van der Waals surface area contributed by atoms with Crippen LogP contribution in [0.1, 0.15) is 34.1 Å². The smallest absolute Gasteiger partial charge is 0.277 e. The van der Waals surface area contributed by atoms with E-state index in [1.54, 1.807) is 27.7 Å². The van der Waals surface area contributed by atoms with Gasteiger partial charge in [0.25, 0.3) is 10.2 Å². The van der Waals surface area contributed by atoms with Gasteiger partial charge < -0.3 is 5.11 Å². The van der Waals surface area contributed by atoms with Gasteiger partial charge in [-0.3, -0.25) is 0 Å². The standard InChI is InChI=1S/C8H20N2O3S/c1-5-8(4,11)6-9-14(12,13)10-7(2)3/h7,9-11H,5-6H2,1-4H3. The second kappa shape index (κ2) is 5.06. The van der Waals surface area contributed by atoms with Crippen molar-refractivity contribution in [1.29, 1.82) is 0 Å². The van der Waals surface area contributed by atoms with Gasteiger partial charge in [0.1, 0.15) is 0 Å². The molecule has 0 aliphatic carbocycles. The van der Waals surface area contributed by atoms with Crippen LogP contribution in [0.5, 0.6) is 0 Å². The third-order valence-corrected chi connectivity index (χ3v) is 3.10. The molecule has 0 heterocycles. The van der Waals surface area contributed by atoms with E-state index in [9.17, 15) is 13.5 Å². The summed E-state index contributed by atoms with van der Waals surface area (Å²) in [6, 6.07) is -0.154. The molecule has 0 aromatic rings. The van der Waals surface area contributed by atoms with Gasteiger partial charge in [0.05, 0.1) is 5.60 Å². The molecule has 14 heavy (non-hydrogen) atoms. The van der Waals surface area contributed by atoms with Gasteiger partial charge in [-0.2, -0.15) is 17.9 Å². The highest BCUT2D eigenvalue weighted by atomic mass is 32.2. The van der Waals surface area contributed by atoms with Crippen molar-refractivity contribution in [2.24, 2.45) is 0 Å². The second-order valence-electron chi connectivity index (χ2n) is 3.95. The average molecular weight is 224 g/mol. The van der Waals surface area contributed by atoms with Crippen LogP contribution in [0.15, 0.2) is 0 Å². The van der Waals surface area contributed by atoms with Crippen LogP contribution < -0.4 is 9.44 Å². The lowest BCUT2D eigenvalue weighted by molar-refractivity contribution is 0.0612. The topological polar surface area (TPSA) is 78.4 Å². The summed E-state index contributed by atoms with van der Waals surface area (Å²) in [6.07, 6.45) is 0.497. The fourth-order valence-electron chi connectivity index (χ4n) is 0.727. The lowest BCUT2D eigenvalue weighted by Gasteiger charge is -2.22. The summed E-state index contributed by atoms with van der Waals surface area (Å²) in [5, 5.41) is 9.57. The van der Waals surface area contributed by atoms with Gasteiger partial charge in [-0.1, -0.05) is 6.92 Å². The van der Waals surface area contributed by atoms with Gasteiger partial charge in [0, 0.05) is 12.6 Å². The van der Waals surface area contributed by atoms with Crippen molar-refractivity contribution >= 4 is 10.2 Å². The molecule has 5 nitrogen and oxygen atoms in total. The van der Waals surface area contributed by atoms with Gasteiger partial charge in [-0.05, 0) is 27.2 Å². The predicted molar refractivity (Wildman–Crippen MR) is 56.1 cm³/mol. The van der Waals surface area contributed by atoms with Crippen molar-refractivity contribution in [1.82, 2.24) is 9.44 Å². The van der Waals surface area contributed by atoms with E-state index in [4.69, 9.17) is 0 Å². The van der Waals surface area contributed by atoms with Crippen LogP contribution in [0.2, 0.25) is 0 Å². The minimum atomic E-state index is -3.48. The number of rotatable bonds is 6. The Bertz CT molecular complexity index is 260. The van der Waals surface area contributed by atoms with Crippen LogP contribution in [0.3, 0.4) is 0 Å². The second-order valence-corrected chi connectivity index (χ2v) is 5.48. The van der Waals surface area contributed by atoms with Gasteiger partial charge in [-0.25, -0.2) is 0 Å². The quantitative estimate of drug-likeness (QED) is 0.593. The molecule has 0 saturated carbocycles. The van der Waals surface area contributed by atoms with Gasteiger partial charge in [0.2, 0.25) is 0 Å². The van der Waals surface area contributed by atoms with Crippen molar-refractivity contribution in [3.8, 4) is 0 Å². The Hall–Kier alpha value is -0.170.